The molecule has 2 aromatic carbocycles. The van der Waals surface area contributed by atoms with Crippen LogP contribution in [0.25, 0.3) is 0 Å². The number of nitrogens with zero attached hydrogens (tertiary/aromatic N) is 2. The maximum Gasteiger partial charge on any atom is 0.0146 e. The second kappa shape index (κ2) is 19.8. The molecule has 1 heterocycles. The molecule has 0 radical (unpaired) electrons. The number of benzene rings is 2. The van der Waals surface area contributed by atoms with Crippen LogP contribution >= 0.6 is 27.3 Å². The normalized spacial score (nSPS) is 20.0. The van der Waals surface area contributed by atoms with Crippen LogP contribution in [0, 0.1) is 48.2 Å². The third kappa shape index (κ3) is 11.5. The summed E-state index contributed by atoms with van der Waals surface area (Å²) >= 11 is -1.36. The number of rotatable bonds is 5. The molecule has 2 nitrogen and oxygen atoms in total. The standard InChI is InChI=1S/C21H27N2.C18H33P.C2H4.2ClH.Ru/c1-14-9-16(3)20(17(4)10-14)22-7-8-23(13-22)21-18(5)11-15(2)12-19(21)6;1-4-10-16(11-5-1)19(17-12-6-2-7-13-17)18-14-8-3-9-15-18;1-2;;;/h9-13H,7-8H2,1-6H3;16-18H,1-15H2;1H,2H3;2*1H;/q-1;;;;;+2/p-1. The minimum absolute atomic E-state index is 0.0465. The summed E-state index contributed by atoms with van der Waals surface area (Å²) in [6.45, 7) is 19.4. The van der Waals surface area contributed by atoms with E-state index in [9.17, 15) is 0 Å². The van der Waals surface area contributed by atoms with Gasteiger partial charge in [0.2, 0.25) is 0 Å². The van der Waals surface area contributed by atoms with Crippen molar-refractivity contribution >= 4 is 43.3 Å². The molecule has 2 aromatic rings. The van der Waals surface area contributed by atoms with Crippen LogP contribution in [0.15, 0.2) is 24.3 Å². The van der Waals surface area contributed by atoms with Gasteiger partial charge in [0.15, 0.2) is 0 Å². The molecule has 1 saturated heterocycles. The van der Waals surface area contributed by atoms with Crippen molar-refractivity contribution in [1.82, 2.24) is 0 Å². The minimum atomic E-state index is -1.36. The van der Waals surface area contributed by atoms with Crippen molar-refractivity contribution in [3.8, 4) is 0 Å². The monoisotopic (exact) mass is 788 g/mol. The Hall–Kier alpha value is -0.457. The maximum atomic E-state index is 5.32. The maximum absolute atomic E-state index is 5.32. The Balaban J connectivity index is 0.000000189. The molecule has 0 bridgehead atoms. The van der Waals surface area contributed by atoms with Crippen molar-refractivity contribution in [2.75, 3.05) is 22.9 Å². The third-order valence-electron chi connectivity index (χ3n) is 11.1. The molecule has 0 amide bonds. The van der Waals surface area contributed by atoms with Crippen LogP contribution in [0.3, 0.4) is 0 Å². The van der Waals surface area contributed by atoms with E-state index in [0.29, 0.717) is 0 Å². The van der Waals surface area contributed by atoms with Gasteiger partial charge in [-0.2, -0.15) is 6.67 Å². The van der Waals surface area contributed by atoms with Crippen molar-refractivity contribution in [3.63, 3.8) is 0 Å². The van der Waals surface area contributed by atoms with E-state index in [1.165, 1.54) is 61.7 Å². The first-order valence-corrected chi connectivity index (χ1v) is 26.0. The van der Waals surface area contributed by atoms with Gasteiger partial charge in [-0.05, 0) is 141 Å². The zero-order valence-electron chi connectivity index (χ0n) is 30.7. The van der Waals surface area contributed by atoms with Crippen LogP contribution in [-0.4, -0.2) is 34.7 Å². The molecule has 47 heavy (non-hydrogen) atoms. The average molecular weight is 789 g/mol. The largest absolute Gasteiger partial charge is 0.502 e. The Labute approximate surface area is 304 Å². The van der Waals surface area contributed by atoms with Crippen LogP contribution in [0.2, 0.25) is 0 Å². The van der Waals surface area contributed by atoms with Crippen molar-refractivity contribution in [1.29, 1.82) is 0 Å². The number of aryl methyl sites for hydroxylation is 6. The number of hydrogen-bond donors (Lipinski definition) is 0. The molecule has 4 aliphatic rings. The van der Waals surface area contributed by atoms with Gasteiger partial charge in [0.25, 0.3) is 0 Å². The van der Waals surface area contributed by atoms with E-state index >= 15 is 0 Å². The zero-order valence-corrected chi connectivity index (χ0v) is 35.0. The molecule has 6 heteroatoms. The van der Waals surface area contributed by atoms with E-state index in [2.05, 4.69) is 82.3 Å². The summed E-state index contributed by atoms with van der Waals surface area (Å²) in [6.07, 6.45) is 23.8. The molecule has 266 valence electrons. The van der Waals surface area contributed by atoms with Crippen molar-refractivity contribution in [3.05, 3.63) is 64.3 Å². The minimum Gasteiger partial charge on any atom is -0.502 e. The SMILES string of the molecule is C1CCC([PH+](C2CCCCC2)C2CCCCC2)CC1.C[CH]=[Ru]([Cl])[Cl].Cc1cc(C)c(N2[CH-]N(c3c(C)cc(C)cc3C)CC2)c(C)c1. The molecule has 0 atom stereocenters. The van der Waals surface area contributed by atoms with Crippen LogP contribution < -0.4 is 9.80 Å². The fourth-order valence-corrected chi connectivity index (χ4v) is 14.6. The molecule has 3 saturated carbocycles. The first kappa shape index (κ1) is 39.3. The van der Waals surface area contributed by atoms with Gasteiger partial charge in [-0.1, -0.05) is 54.7 Å². The predicted octanol–water partition coefficient (Wildman–Crippen LogP) is 12.9. The van der Waals surface area contributed by atoms with Gasteiger partial charge in [0.1, 0.15) is 0 Å². The quantitative estimate of drug-likeness (QED) is 0.169. The summed E-state index contributed by atoms with van der Waals surface area (Å²) in [5.74, 6) is 0. The van der Waals surface area contributed by atoms with E-state index in [0.717, 1.165) is 13.1 Å². The van der Waals surface area contributed by atoms with Gasteiger partial charge in [0, 0.05) is 32.4 Å². The molecular weight excluding hydrogens is 723 g/mol. The van der Waals surface area contributed by atoms with Crippen molar-refractivity contribution < 1.29 is 13.5 Å². The van der Waals surface area contributed by atoms with E-state index in [-0.39, 0.29) is 7.92 Å². The first-order valence-electron chi connectivity index (χ1n) is 18.8. The molecule has 6 rings (SSSR count). The Bertz CT molecular complexity index is 1140. The second-order valence-electron chi connectivity index (χ2n) is 14.9. The van der Waals surface area contributed by atoms with E-state index in [4.69, 9.17) is 19.4 Å². The van der Waals surface area contributed by atoms with Crippen molar-refractivity contribution in [2.24, 2.45) is 0 Å². The molecule has 1 aliphatic heterocycles. The average Bonchev–Trinajstić information content (AvgIpc) is 3.51. The smallest absolute Gasteiger partial charge is 0.0146 e. The summed E-state index contributed by atoms with van der Waals surface area (Å²) in [5, 5.41) is 0. The fourth-order valence-electron chi connectivity index (χ4n) is 9.40. The molecule has 0 N–H and O–H groups in total. The Kier molecular flexibility index (Phi) is 16.6. The molecule has 0 aromatic heterocycles. The van der Waals surface area contributed by atoms with E-state index < -0.39 is 13.5 Å². The molecule has 0 unspecified atom stereocenters. The molecule has 3 aliphatic carbocycles. The Morgan fingerprint density at radius 3 is 1.11 bits per heavy atom. The van der Waals surface area contributed by atoms with Crippen molar-refractivity contribution in [2.45, 2.75) is 162 Å². The predicted molar refractivity (Wildman–Crippen MR) is 213 cm³/mol. The summed E-state index contributed by atoms with van der Waals surface area (Å²) < 4.78 is 1.84. The van der Waals surface area contributed by atoms with Gasteiger partial charge < -0.3 is 9.80 Å². The van der Waals surface area contributed by atoms with Gasteiger partial charge in [-0.15, -0.1) is 0 Å². The van der Waals surface area contributed by atoms with Crippen LogP contribution in [0.1, 0.15) is 137 Å². The number of hydrogen-bond acceptors (Lipinski definition) is 2. The summed E-state index contributed by atoms with van der Waals surface area (Å²) in [6, 6.07) is 9.12. The van der Waals surface area contributed by atoms with E-state index in [1.54, 1.807) is 96.3 Å². The first-order chi connectivity index (χ1) is 22.6. The fraction of sp³-hybridized carbons (Fsp3) is 0.659. The number of halogens is 2. The van der Waals surface area contributed by atoms with E-state index in [1.807, 2.05) is 11.5 Å². The molecule has 4 fully saturated rings. The zero-order chi connectivity index (χ0) is 33.9. The topological polar surface area (TPSA) is 6.48 Å². The molecule has 0 spiro atoms. The van der Waals surface area contributed by atoms with Gasteiger partial charge >= 0.3 is 44.4 Å². The van der Waals surface area contributed by atoms with Gasteiger partial charge in [-0.25, -0.2) is 0 Å². The van der Waals surface area contributed by atoms with Crippen LogP contribution in [0.5, 0.6) is 0 Å². The summed E-state index contributed by atoms with van der Waals surface area (Å²) in [4.78, 5) is 4.81. The van der Waals surface area contributed by atoms with Crippen LogP contribution in [-0.2, 0) is 13.5 Å². The summed E-state index contributed by atoms with van der Waals surface area (Å²) in [5.41, 5.74) is 14.5. The van der Waals surface area contributed by atoms with Gasteiger partial charge in [-0.3, -0.25) is 0 Å². The molecular formula is C41H65Cl2N2PRu. The second-order valence-corrected chi connectivity index (χ2v) is 24.6. The van der Waals surface area contributed by atoms with Gasteiger partial charge in [0.05, 0.1) is 17.0 Å². The summed E-state index contributed by atoms with van der Waals surface area (Å²) in [7, 11) is 10.6. The number of anilines is 2. The van der Waals surface area contributed by atoms with Crippen LogP contribution in [0.4, 0.5) is 11.4 Å². The Morgan fingerprint density at radius 1 is 0.574 bits per heavy atom. The Morgan fingerprint density at radius 2 is 0.851 bits per heavy atom. The third-order valence-corrected chi connectivity index (χ3v) is 18.2.